The minimum atomic E-state index is -1.13. The Balaban J connectivity index is 0.971. The quantitative estimate of drug-likeness (QED) is 0.0819. The van der Waals surface area contributed by atoms with Gasteiger partial charge in [-0.2, -0.15) is 0 Å². The highest BCUT2D eigenvalue weighted by Gasteiger charge is 2.40. The molecule has 4 N–H and O–H groups in total. The second-order valence-corrected chi connectivity index (χ2v) is 19.2. The number of anilines is 1. The molecular formula is C53H63N11O7. The van der Waals surface area contributed by atoms with Crippen LogP contribution >= 0.6 is 0 Å². The number of imidazole rings is 2. The number of morpholine rings is 1. The maximum absolute atomic E-state index is 13.8. The molecule has 0 spiro atoms. The molecule has 18 heteroatoms. The van der Waals surface area contributed by atoms with Crippen molar-refractivity contribution in [3.63, 3.8) is 0 Å². The van der Waals surface area contributed by atoms with Crippen molar-refractivity contribution < 1.29 is 33.8 Å². The van der Waals surface area contributed by atoms with E-state index in [1.807, 2.05) is 51.2 Å². The Morgan fingerprint density at radius 2 is 1.24 bits per heavy atom. The number of alkyl carbamates (subject to hydrolysis) is 1. The second-order valence-electron chi connectivity index (χ2n) is 19.2. The van der Waals surface area contributed by atoms with E-state index in [0.717, 1.165) is 100 Å². The van der Waals surface area contributed by atoms with Crippen LogP contribution in [-0.4, -0.2) is 139 Å². The molecule has 3 aliphatic rings. The Labute approximate surface area is 413 Å². The SMILES string of the molecule is COC(=O)N[C@H](C(=O)N1CCC[C@H]1c1nc(-c2ccc(-c3ccc(-c4ccc(-c5c[nH]c([C@@H]6CCCN6C(=O)[C@H](C(C)C)N(C)C(=O)O)n5)cc4)n3-c3ccc(N4CCOCC4)nc3)cc2)c[nH]1)C(C)C. The van der Waals surface area contributed by atoms with Crippen LogP contribution in [0.2, 0.25) is 0 Å². The number of hydrogen-bond acceptors (Lipinski definition) is 10. The van der Waals surface area contributed by atoms with E-state index in [4.69, 9.17) is 24.4 Å². The second kappa shape index (κ2) is 20.9. The minimum Gasteiger partial charge on any atom is -0.465 e. The first-order chi connectivity index (χ1) is 34.3. The summed E-state index contributed by atoms with van der Waals surface area (Å²) in [5, 5.41) is 12.4. The van der Waals surface area contributed by atoms with Crippen molar-refractivity contribution in [3.05, 3.63) is 103 Å². The summed E-state index contributed by atoms with van der Waals surface area (Å²) in [6.07, 6.45) is 7.01. The van der Waals surface area contributed by atoms with Crippen molar-refractivity contribution in [2.75, 3.05) is 58.5 Å². The van der Waals surface area contributed by atoms with Gasteiger partial charge in [-0.1, -0.05) is 76.2 Å². The van der Waals surface area contributed by atoms with E-state index in [9.17, 15) is 24.3 Å². The number of nitrogens with zero attached hydrogens (tertiary/aromatic N) is 8. The summed E-state index contributed by atoms with van der Waals surface area (Å²) in [7, 11) is 2.74. The van der Waals surface area contributed by atoms with Gasteiger partial charge >= 0.3 is 12.2 Å². The first-order valence-corrected chi connectivity index (χ1v) is 24.6. The number of likely N-dealkylation sites (N-methyl/N-ethyl adjacent to an activating group) is 1. The van der Waals surface area contributed by atoms with Crippen LogP contribution in [0.1, 0.15) is 77.1 Å². The topological polar surface area (TPSA) is 207 Å². The fraction of sp³-hybridized carbons (Fsp3) is 0.415. The minimum absolute atomic E-state index is 0.129. The lowest BCUT2D eigenvalue weighted by molar-refractivity contribution is -0.138. The molecule has 6 aromatic rings. The molecule has 3 saturated heterocycles. The molecule has 4 aromatic heterocycles. The monoisotopic (exact) mass is 965 g/mol. The summed E-state index contributed by atoms with van der Waals surface area (Å²) >= 11 is 0. The third-order valence-electron chi connectivity index (χ3n) is 14.1. The number of carbonyl (C=O) groups excluding carboxylic acids is 3. The van der Waals surface area contributed by atoms with Crippen molar-refractivity contribution >= 4 is 29.8 Å². The maximum atomic E-state index is 13.8. The smallest absolute Gasteiger partial charge is 0.407 e. The summed E-state index contributed by atoms with van der Waals surface area (Å²) in [6, 6.07) is 23.0. The highest BCUT2D eigenvalue weighted by atomic mass is 16.5. The van der Waals surface area contributed by atoms with E-state index < -0.39 is 24.3 Å². The Hall–Kier alpha value is -7.47. The van der Waals surface area contributed by atoms with Gasteiger partial charge in [0.15, 0.2) is 0 Å². The summed E-state index contributed by atoms with van der Waals surface area (Å²) in [6.45, 7) is 11.5. The zero-order chi connectivity index (χ0) is 49.9. The lowest BCUT2D eigenvalue weighted by Crippen LogP contribution is -2.51. The van der Waals surface area contributed by atoms with Crippen LogP contribution in [0.25, 0.3) is 50.7 Å². The first kappa shape index (κ1) is 48.5. The fourth-order valence-corrected chi connectivity index (χ4v) is 10.3. The van der Waals surface area contributed by atoms with Gasteiger partial charge < -0.3 is 49.1 Å². The van der Waals surface area contributed by atoms with Crippen LogP contribution in [-0.2, 0) is 19.1 Å². The number of methoxy groups -OCH3 is 1. The van der Waals surface area contributed by atoms with Gasteiger partial charge in [-0.05, 0) is 72.9 Å². The number of likely N-dealkylation sites (tertiary alicyclic amines) is 2. The molecule has 9 rings (SSSR count). The molecule has 3 aliphatic heterocycles. The van der Waals surface area contributed by atoms with Gasteiger partial charge in [0.25, 0.3) is 0 Å². The van der Waals surface area contributed by atoms with Gasteiger partial charge in [0.05, 0.1) is 67.1 Å². The number of amides is 4. The number of rotatable bonds is 14. The van der Waals surface area contributed by atoms with Crippen molar-refractivity contribution in [3.8, 4) is 50.7 Å². The van der Waals surface area contributed by atoms with Crippen molar-refractivity contribution in [1.82, 2.24) is 49.5 Å². The van der Waals surface area contributed by atoms with E-state index in [1.54, 1.807) is 4.90 Å². The summed E-state index contributed by atoms with van der Waals surface area (Å²) < 4.78 is 12.6. The zero-order valence-electron chi connectivity index (χ0n) is 41.2. The highest BCUT2D eigenvalue weighted by molar-refractivity contribution is 5.87. The zero-order valence-corrected chi connectivity index (χ0v) is 41.2. The van der Waals surface area contributed by atoms with Crippen LogP contribution in [0.15, 0.2) is 91.4 Å². The number of nitrogens with one attached hydrogen (secondary N) is 3. The van der Waals surface area contributed by atoms with Gasteiger partial charge in [-0.3, -0.25) is 14.5 Å². The predicted octanol–water partition coefficient (Wildman–Crippen LogP) is 8.17. The normalized spacial score (nSPS) is 18.0. The number of aromatic amines is 2. The van der Waals surface area contributed by atoms with Crippen molar-refractivity contribution in [2.24, 2.45) is 11.8 Å². The van der Waals surface area contributed by atoms with E-state index in [0.29, 0.717) is 38.0 Å². The van der Waals surface area contributed by atoms with Gasteiger partial charge in [0.1, 0.15) is 29.6 Å². The van der Waals surface area contributed by atoms with Crippen molar-refractivity contribution in [2.45, 2.75) is 77.5 Å². The van der Waals surface area contributed by atoms with E-state index in [-0.39, 0.29) is 35.7 Å². The largest absolute Gasteiger partial charge is 0.465 e. The highest BCUT2D eigenvalue weighted by Crippen LogP contribution is 2.38. The Kier molecular flexibility index (Phi) is 14.3. The summed E-state index contributed by atoms with van der Waals surface area (Å²) in [5.74, 6) is 1.60. The third-order valence-corrected chi connectivity index (χ3v) is 14.1. The molecule has 2 aromatic carbocycles. The summed E-state index contributed by atoms with van der Waals surface area (Å²) in [5.41, 5.74) is 8.17. The average Bonchev–Trinajstić information content (AvgIpc) is 4.25. The van der Waals surface area contributed by atoms with E-state index >= 15 is 0 Å². The summed E-state index contributed by atoms with van der Waals surface area (Å²) in [4.78, 5) is 80.1. The van der Waals surface area contributed by atoms with Gasteiger partial charge in [-0.15, -0.1) is 0 Å². The number of pyridine rings is 1. The molecular weight excluding hydrogens is 903 g/mol. The standard InChI is InChI=1S/C53H63N11O7/c1-32(2)46(59-52(67)70-6)50(65)62-23-7-9-43(62)48-55-30-39(57-48)34-11-15-36(16-12-34)41-20-21-42(64(41)38-19-22-45(54-29-38)61-25-27-71-28-26-61)37-17-13-35(14-18-37)40-31-56-49(58-40)44-10-8-24-63(44)51(66)47(33(3)4)60(5)53(68)69/h11-22,29-33,43-44,46-47H,7-10,23-28H2,1-6H3,(H,55,57)(H,56,58)(H,59,67)(H,68,69)/t43-,44-,46-,47-/m0/s1. The fourth-order valence-electron chi connectivity index (χ4n) is 10.3. The molecule has 0 radical (unpaired) electrons. The van der Waals surface area contributed by atoms with Crippen LogP contribution in [0.5, 0.6) is 0 Å². The van der Waals surface area contributed by atoms with Gasteiger partial charge in [0, 0.05) is 56.7 Å². The number of carbonyl (C=O) groups is 4. The molecule has 0 unspecified atom stereocenters. The number of H-pyrrole nitrogens is 2. The van der Waals surface area contributed by atoms with Gasteiger partial charge in [0.2, 0.25) is 11.8 Å². The molecule has 7 heterocycles. The van der Waals surface area contributed by atoms with Crippen LogP contribution in [0.3, 0.4) is 0 Å². The molecule has 4 amide bonds. The molecule has 0 aliphatic carbocycles. The Morgan fingerprint density at radius 1 is 0.718 bits per heavy atom. The molecule has 71 heavy (non-hydrogen) atoms. The number of hydrogen-bond donors (Lipinski definition) is 4. The number of ether oxygens (including phenoxy) is 2. The number of carboxylic acid groups (broad SMARTS) is 1. The molecule has 372 valence electrons. The first-order valence-electron chi connectivity index (χ1n) is 24.6. The molecule has 0 saturated carbocycles. The molecule has 18 nitrogen and oxygen atoms in total. The third kappa shape index (κ3) is 9.98. The number of aromatic nitrogens is 6. The van der Waals surface area contributed by atoms with E-state index in [2.05, 4.69) is 97.5 Å². The lowest BCUT2D eigenvalue weighted by Gasteiger charge is -2.33. The van der Waals surface area contributed by atoms with Crippen LogP contribution in [0, 0.1) is 11.8 Å². The van der Waals surface area contributed by atoms with Gasteiger partial charge in [-0.25, -0.2) is 24.5 Å². The maximum Gasteiger partial charge on any atom is 0.407 e. The number of benzene rings is 2. The van der Waals surface area contributed by atoms with Crippen LogP contribution < -0.4 is 10.2 Å². The predicted molar refractivity (Wildman–Crippen MR) is 269 cm³/mol. The molecule has 4 atom stereocenters. The lowest BCUT2D eigenvalue weighted by atomic mass is 10.0. The van der Waals surface area contributed by atoms with Crippen LogP contribution in [0.4, 0.5) is 15.4 Å². The van der Waals surface area contributed by atoms with Crippen molar-refractivity contribution in [1.29, 1.82) is 0 Å². The van der Waals surface area contributed by atoms with E-state index in [1.165, 1.54) is 14.2 Å². The Morgan fingerprint density at radius 3 is 1.70 bits per heavy atom. The average molecular weight is 966 g/mol. The Bertz CT molecular complexity index is 2830. The molecule has 3 fully saturated rings. The molecule has 0 bridgehead atoms.